The van der Waals surface area contributed by atoms with Crippen molar-refractivity contribution in [1.82, 2.24) is 18.5 Å². The maximum atomic E-state index is 13.5. The summed E-state index contributed by atoms with van der Waals surface area (Å²) >= 11 is 0. The quantitative estimate of drug-likeness (QED) is 0.179. The lowest BCUT2D eigenvalue weighted by Crippen LogP contribution is -2.41. The Kier molecular flexibility index (Phi) is 7.90. The molecule has 5 rings (SSSR count). The van der Waals surface area contributed by atoms with Crippen molar-refractivity contribution in [2.24, 2.45) is 5.92 Å². The molecule has 0 amide bonds. The molecule has 11 heteroatoms. The van der Waals surface area contributed by atoms with E-state index in [1.807, 2.05) is 6.07 Å². The van der Waals surface area contributed by atoms with Gasteiger partial charge >= 0.3 is 5.97 Å². The average molecular weight is 597 g/mol. The zero-order chi connectivity index (χ0) is 29.6. The number of fused-ring (bicyclic) bond motifs is 3. The van der Waals surface area contributed by atoms with E-state index in [0.717, 1.165) is 47.9 Å². The highest BCUT2D eigenvalue weighted by molar-refractivity contribution is 7.90. The molecule has 1 fully saturated rings. The number of benzene rings is 1. The van der Waals surface area contributed by atoms with Crippen molar-refractivity contribution < 1.29 is 22.4 Å². The van der Waals surface area contributed by atoms with Gasteiger partial charge in [-0.1, -0.05) is 39.0 Å². The van der Waals surface area contributed by atoms with Crippen LogP contribution in [0.5, 0.6) is 0 Å². The van der Waals surface area contributed by atoms with Crippen molar-refractivity contribution in [3.05, 3.63) is 54.6 Å². The number of carbonyl (C=O) groups is 1. The molecule has 3 aromatic heterocycles. The number of aromatic nitrogens is 4. The third kappa shape index (κ3) is 5.47. The van der Waals surface area contributed by atoms with Crippen LogP contribution in [0.25, 0.3) is 22.1 Å². The van der Waals surface area contributed by atoms with Crippen molar-refractivity contribution in [2.45, 2.75) is 81.9 Å². The lowest BCUT2D eigenvalue weighted by atomic mass is 9.85. The SMILES string of the molecule is COC(=O)C1CCC(n2c(CCO[Si](C)(C)C(C)(C)C)nc3cnc4c(ccn4S(=O)(=O)c4ccccc4)c32)CC1. The molecular weight excluding hydrogens is 557 g/mol. The zero-order valence-corrected chi connectivity index (χ0v) is 26.6. The minimum absolute atomic E-state index is 0.0998. The maximum Gasteiger partial charge on any atom is 0.308 e. The summed E-state index contributed by atoms with van der Waals surface area (Å²) in [5.74, 6) is 0.639. The molecule has 220 valence electrons. The largest absolute Gasteiger partial charge is 0.469 e. The van der Waals surface area contributed by atoms with Crippen molar-refractivity contribution >= 4 is 46.4 Å². The van der Waals surface area contributed by atoms with Gasteiger partial charge in [0.15, 0.2) is 14.0 Å². The number of nitrogens with zero attached hydrogens (tertiary/aromatic N) is 4. The predicted molar refractivity (Wildman–Crippen MR) is 162 cm³/mol. The fraction of sp³-hybridized carbons (Fsp3) is 0.500. The van der Waals surface area contributed by atoms with Crippen molar-refractivity contribution in [2.75, 3.05) is 13.7 Å². The van der Waals surface area contributed by atoms with Crippen molar-refractivity contribution in [3.8, 4) is 0 Å². The van der Waals surface area contributed by atoms with Gasteiger partial charge in [-0.15, -0.1) is 0 Å². The van der Waals surface area contributed by atoms with Crippen LogP contribution in [-0.4, -0.2) is 54.9 Å². The van der Waals surface area contributed by atoms with Gasteiger partial charge in [0, 0.05) is 30.7 Å². The molecule has 1 aliphatic carbocycles. The zero-order valence-electron chi connectivity index (χ0n) is 24.8. The highest BCUT2D eigenvalue weighted by Gasteiger charge is 2.37. The molecular formula is C30H40N4O5SSi. The van der Waals surface area contributed by atoms with E-state index < -0.39 is 18.3 Å². The van der Waals surface area contributed by atoms with E-state index in [-0.39, 0.29) is 27.9 Å². The Hall–Kier alpha value is -3.02. The molecule has 1 saturated carbocycles. The minimum atomic E-state index is -3.83. The summed E-state index contributed by atoms with van der Waals surface area (Å²) in [4.78, 5) is 22.0. The van der Waals surface area contributed by atoms with Gasteiger partial charge in [-0.05, 0) is 62.0 Å². The molecule has 0 spiro atoms. The maximum absolute atomic E-state index is 13.5. The number of hydrogen-bond acceptors (Lipinski definition) is 7. The first-order valence-corrected chi connectivity index (χ1v) is 18.6. The fourth-order valence-electron chi connectivity index (χ4n) is 5.52. The Morgan fingerprint density at radius 3 is 2.39 bits per heavy atom. The van der Waals surface area contributed by atoms with Gasteiger partial charge in [-0.25, -0.2) is 22.4 Å². The highest BCUT2D eigenvalue weighted by atomic mass is 32.2. The summed E-state index contributed by atoms with van der Waals surface area (Å²) in [6, 6.07) is 10.3. The molecule has 4 aromatic rings. The second-order valence-electron chi connectivity index (χ2n) is 12.4. The summed E-state index contributed by atoms with van der Waals surface area (Å²) in [5, 5.41) is 0.837. The highest BCUT2D eigenvalue weighted by Crippen LogP contribution is 2.39. The minimum Gasteiger partial charge on any atom is -0.469 e. The van der Waals surface area contributed by atoms with Crippen LogP contribution < -0.4 is 0 Å². The molecule has 0 aliphatic heterocycles. The van der Waals surface area contributed by atoms with Crippen LogP contribution in [0.4, 0.5) is 0 Å². The van der Waals surface area contributed by atoms with Gasteiger partial charge in [-0.3, -0.25) is 4.79 Å². The molecule has 1 aromatic carbocycles. The van der Waals surface area contributed by atoms with Crippen LogP contribution in [0.1, 0.15) is 58.3 Å². The van der Waals surface area contributed by atoms with E-state index in [4.69, 9.17) is 14.1 Å². The van der Waals surface area contributed by atoms with E-state index in [2.05, 4.69) is 43.4 Å². The standard InChI is InChI=1S/C30H40N4O5SSi/c1-30(2,3)41(5,6)39-19-17-26-32-25-20-31-28-24(16-18-33(28)40(36,37)23-10-8-7-9-11-23)27(25)34(26)22-14-12-21(13-15-22)29(35)38-4/h7-11,16,18,20-22H,12-15,17,19H2,1-6H3. The Bertz CT molecular complexity index is 1660. The van der Waals surface area contributed by atoms with E-state index in [0.29, 0.717) is 18.7 Å². The van der Waals surface area contributed by atoms with Gasteiger partial charge in [-0.2, -0.15) is 0 Å². The Labute approximate surface area is 243 Å². The molecule has 1 aliphatic rings. The lowest BCUT2D eigenvalue weighted by Gasteiger charge is -2.36. The number of imidazole rings is 1. The normalized spacial score (nSPS) is 18.7. The van der Waals surface area contributed by atoms with Crippen molar-refractivity contribution in [3.63, 3.8) is 0 Å². The fourth-order valence-corrected chi connectivity index (χ4v) is 7.88. The lowest BCUT2D eigenvalue weighted by molar-refractivity contribution is -0.146. The molecule has 0 N–H and O–H groups in total. The number of pyridine rings is 1. The summed E-state index contributed by atoms with van der Waals surface area (Å²) in [7, 11) is -4.33. The van der Waals surface area contributed by atoms with E-state index in [9.17, 15) is 13.2 Å². The molecule has 9 nitrogen and oxygen atoms in total. The van der Waals surface area contributed by atoms with Gasteiger partial charge in [0.05, 0.1) is 29.6 Å². The van der Waals surface area contributed by atoms with Gasteiger partial charge in [0.25, 0.3) is 10.0 Å². The number of esters is 1. The van der Waals surface area contributed by atoms with E-state index in [1.165, 1.54) is 11.1 Å². The molecule has 0 bridgehead atoms. The first-order chi connectivity index (χ1) is 19.3. The second kappa shape index (κ2) is 11.0. The third-order valence-corrected chi connectivity index (χ3v) is 15.1. The van der Waals surface area contributed by atoms with Crippen LogP contribution >= 0.6 is 0 Å². The van der Waals surface area contributed by atoms with Gasteiger partial charge in [0.1, 0.15) is 11.3 Å². The van der Waals surface area contributed by atoms with Crippen molar-refractivity contribution in [1.29, 1.82) is 0 Å². The van der Waals surface area contributed by atoms with Gasteiger partial charge < -0.3 is 13.7 Å². The van der Waals surface area contributed by atoms with E-state index in [1.54, 1.807) is 42.7 Å². The first-order valence-electron chi connectivity index (χ1n) is 14.2. The van der Waals surface area contributed by atoms with E-state index >= 15 is 0 Å². The van der Waals surface area contributed by atoms with Crippen LogP contribution in [0.2, 0.25) is 18.1 Å². The molecule has 0 saturated heterocycles. The Morgan fingerprint density at radius 2 is 1.76 bits per heavy atom. The molecule has 3 heterocycles. The molecule has 0 atom stereocenters. The molecule has 0 unspecified atom stereocenters. The van der Waals surface area contributed by atoms with Crippen LogP contribution in [0, 0.1) is 5.92 Å². The predicted octanol–water partition coefficient (Wildman–Crippen LogP) is 6.09. The van der Waals surface area contributed by atoms with Crippen LogP contribution in [-0.2, 0) is 30.4 Å². The summed E-state index contributed by atoms with van der Waals surface area (Å²) < 4.78 is 42.1. The monoisotopic (exact) mass is 596 g/mol. The number of rotatable bonds is 8. The Balaban J connectivity index is 1.58. The number of methoxy groups -OCH3 is 1. The topological polar surface area (TPSA) is 105 Å². The van der Waals surface area contributed by atoms with Crippen LogP contribution in [0.15, 0.2) is 53.7 Å². The number of carbonyl (C=O) groups excluding carboxylic acids is 1. The summed E-state index contributed by atoms with van der Waals surface area (Å²) in [5.41, 5.74) is 1.97. The van der Waals surface area contributed by atoms with Gasteiger partial charge in [0.2, 0.25) is 0 Å². The Morgan fingerprint density at radius 1 is 1.07 bits per heavy atom. The second-order valence-corrected chi connectivity index (χ2v) is 19.1. The first kappa shape index (κ1) is 29.5. The average Bonchev–Trinajstić information content (AvgIpc) is 3.54. The number of hydrogen-bond donors (Lipinski definition) is 0. The molecule has 0 radical (unpaired) electrons. The summed E-state index contributed by atoms with van der Waals surface area (Å²) in [6.07, 6.45) is 6.93. The summed E-state index contributed by atoms with van der Waals surface area (Å²) in [6.45, 7) is 11.7. The van der Waals surface area contributed by atoms with Crippen LogP contribution in [0.3, 0.4) is 0 Å². The number of ether oxygens (including phenoxy) is 1. The molecule has 41 heavy (non-hydrogen) atoms. The third-order valence-electron chi connectivity index (χ3n) is 8.89. The smallest absolute Gasteiger partial charge is 0.308 e.